The van der Waals surface area contributed by atoms with Gasteiger partial charge in [0, 0.05) is 11.7 Å². The Morgan fingerprint density at radius 2 is 1.97 bits per heavy atom. The van der Waals surface area contributed by atoms with Crippen LogP contribution in [0.3, 0.4) is 0 Å². The third kappa shape index (κ3) is 3.80. The number of carbonyl (C=O) groups is 1. The number of nitrogens with zero attached hydrogens (tertiary/aromatic N) is 3. The Kier molecular flexibility index (Phi) is 4.85. The molecule has 0 bridgehead atoms. The number of rotatable bonds is 6. The molecule has 2 aromatic heterocycles. The smallest absolute Gasteiger partial charge is 0.237 e. The summed E-state index contributed by atoms with van der Waals surface area (Å²) in [7, 11) is 0. The predicted molar refractivity (Wildman–Crippen MR) is 120 cm³/mol. The fourth-order valence-corrected chi connectivity index (χ4v) is 4.94. The molecule has 1 amide bonds. The van der Waals surface area contributed by atoms with Crippen molar-refractivity contribution >= 4 is 45.5 Å². The first kappa shape index (κ1) is 18.4. The average molecular weight is 421 g/mol. The number of fused-ring (bicyclic) bond motifs is 1. The number of anilines is 1. The first-order chi connectivity index (χ1) is 14.2. The molecule has 1 atom stereocenters. The molecule has 2 heterocycles. The first-order valence-corrected chi connectivity index (χ1v) is 11.4. The summed E-state index contributed by atoms with van der Waals surface area (Å²) in [5.74, 6) is 0.875. The zero-order valence-corrected chi connectivity index (χ0v) is 17.5. The molecule has 0 spiro atoms. The van der Waals surface area contributed by atoms with Gasteiger partial charge in [-0.1, -0.05) is 48.2 Å². The van der Waals surface area contributed by atoms with Crippen LogP contribution in [0.25, 0.3) is 21.5 Å². The zero-order chi connectivity index (χ0) is 19.8. The second kappa shape index (κ2) is 7.65. The third-order valence-electron chi connectivity index (χ3n) is 4.99. The van der Waals surface area contributed by atoms with Gasteiger partial charge in [0.15, 0.2) is 11.0 Å². The highest BCUT2D eigenvalue weighted by Crippen LogP contribution is 2.42. The Morgan fingerprint density at radius 1 is 1.14 bits per heavy atom. The van der Waals surface area contributed by atoms with Gasteiger partial charge in [0.1, 0.15) is 0 Å². The molecular weight excluding hydrogens is 400 g/mol. The van der Waals surface area contributed by atoms with Crippen LogP contribution in [0.2, 0.25) is 0 Å². The van der Waals surface area contributed by atoms with E-state index in [9.17, 15) is 4.79 Å². The van der Waals surface area contributed by atoms with Gasteiger partial charge in [-0.05, 0) is 54.1 Å². The molecule has 4 aromatic rings. The molecule has 1 fully saturated rings. The fourth-order valence-electron chi connectivity index (χ4n) is 3.32. The number of hydrogen-bond acceptors (Lipinski definition) is 5. The number of aromatic nitrogens is 3. The van der Waals surface area contributed by atoms with Gasteiger partial charge in [0.25, 0.3) is 0 Å². The van der Waals surface area contributed by atoms with Crippen molar-refractivity contribution in [3.63, 3.8) is 0 Å². The van der Waals surface area contributed by atoms with Crippen molar-refractivity contribution < 1.29 is 4.79 Å². The number of carbonyl (C=O) groups excluding carboxylic acids is 1. The molecule has 29 heavy (non-hydrogen) atoms. The van der Waals surface area contributed by atoms with Crippen LogP contribution in [-0.2, 0) is 4.79 Å². The van der Waals surface area contributed by atoms with E-state index in [0.29, 0.717) is 6.04 Å². The number of nitrogens with one attached hydrogen (secondary N) is 1. The molecule has 5 nitrogen and oxygen atoms in total. The van der Waals surface area contributed by atoms with Crippen LogP contribution in [-0.4, -0.2) is 25.9 Å². The van der Waals surface area contributed by atoms with Gasteiger partial charge < -0.3 is 5.32 Å². The van der Waals surface area contributed by atoms with E-state index in [2.05, 4.69) is 32.2 Å². The maximum Gasteiger partial charge on any atom is 0.237 e. The van der Waals surface area contributed by atoms with Gasteiger partial charge >= 0.3 is 0 Å². The lowest BCUT2D eigenvalue weighted by atomic mass is 10.1. The van der Waals surface area contributed by atoms with Crippen molar-refractivity contribution in [2.45, 2.75) is 36.2 Å². The van der Waals surface area contributed by atoms with Gasteiger partial charge in [-0.25, -0.2) is 0 Å². The fraction of sp³-hybridized carbons (Fsp3) is 0.227. The van der Waals surface area contributed by atoms with Crippen molar-refractivity contribution in [2.24, 2.45) is 0 Å². The summed E-state index contributed by atoms with van der Waals surface area (Å²) in [5, 5.41) is 16.7. The Hall–Kier alpha value is -2.64. The molecule has 0 aliphatic heterocycles. The second-order valence-electron chi connectivity index (χ2n) is 7.20. The zero-order valence-electron chi connectivity index (χ0n) is 15.9. The third-order valence-corrected chi connectivity index (χ3v) is 6.91. The highest BCUT2D eigenvalue weighted by Gasteiger charge is 2.31. The Balaban J connectivity index is 1.33. The average Bonchev–Trinajstić information content (AvgIpc) is 3.25. The number of thioether (sulfide) groups is 1. The van der Waals surface area contributed by atoms with E-state index in [4.69, 9.17) is 0 Å². The van der Waals surface area contributed by atoms with Crippen molar-refractivity contribution in [1.82, 2.24) is 14.8 Å². The lowest BCUT2D eigenvalue weighted by molar-refractivity contribution is -0.115. The molecule has 1 unspecified atom stereocenters. The summed E-state index contributed by atoms with van der Waals surface area (Å²) in [6.45, 7) is 1.91. The minimum absolute atomic E-state index is 0.0340. The Morgan fingerprint density at radius 3 is 2.72 bits per heavy atom. The van der Waals surface area contributed by atoms with Crippen LogP contribution in [0.15, 0.2) is 65.1 Å². The summed E-state index contributed by atoms with van der Waals surface area (Å²) in [6, 6.07) is 18.6. The topological polar surface area (TPSA) is 59.8 Å². The summed E-state index contributed by atoms with van der Waals surface area (Å²) in [4.78, 5) is 13.9. The number of thiophene rings is 1. The van der Waals surface area contributed by atoms with Gasteiger partial charge in [0.2, 0.25) is 5.91 Å². The van der Waals surface area contributed by atoms with Crippen LogP contribution in [0.4, 0.5) is 5.69 Å². The number of amides is 1. The lowest BCUT2D eigenvalue weighted by Gasteiger charge is -2.13. The number of hydrogen-bond donors (Lipinski definition) is 1. The van der Waals surface area contributed by atoms with Gasteiger partial charge in [-0.3, -0.25) is 9.36 Å². The van der Waals surface area contributed by atoms with Crippen molar-refractivity contribution in [3.05, 3.63) is 60.0 Å². The molecule has 0 saturated heterocycles. The largest absolute Gasteiger partial charge is 0.325 e. The monoisotopic (exact) mass is 420 g/mol. The summed E-state index contributed by atoms with van der Waals surface area (Å²) in [6.07, 6.45) is 2.28. The summed E-state index contributed by atoms with van der Waals surface area (Å²) < 4.78 is 2.20. The predicted octanol–water partition coefficient (Wildman–Crippen LogP) is 5.61. The van der Waals surface area contributed by atoms with E-state index in [1.54, 1.807) is 11.3 Å². The van der Waals surface area contributed by atoms with Crippen LogP contribution in [0.5, 0.6) is 0 Å². The maximum absolute atomic E-state index is 12.8. The highest BCUT2D eigenvalue weighted by atomic mass is 32.2. The molecule has 5 rings (SSSR count). The SMILES string of the molecule is CC(Sc1nnc(-c2cccs2)n1C1CC1)C(=O)Nc1ccc2ccccc2c1. The molecule has 1 aliphatic carbocycles. The van der Waals surface area contributed by atoms with E-state index in [1.807, 2.05) is 54.8 Å². The lowest BCUT2D eigenvalue weighted by Crippen LogP contribution is -2.22. The van der Waals surface area contributed by atoms with E-state index < -0.39 is 0 Å². The first-order valence-electron chi connectivity index (χ1n) is 9.64. The van der Waals surface area contributed by atoms with E-state index in [-0.39, 0.29) is 11.2 Å². The van der Waals surface area contributed by atoms with Crippen molar-refractivity contribution in [1.29, 1.82) is 0 Å². The highest BCUT2D eigenvalue weighted by molar-refractivity contribution is 8.00. The summed E-state index contributed by atoms with van der Waals surface area (Å²) in [5.41, 5.74) is 0.809. The van der Waals surface area contributed by atoms with E-state index in [1.165, 1.54) is 11.8 Å². The molecule has 7 heteroatoms. The molecule has 1 saturated carbocycles. The molecule has 1 N–H and O–H groups in total. The van der Waals surface area contributed by atoms with Crippen LogP contribution >= 0.6 is 23.1 Å². The van der Waals surface area contributed by atoms with Gasteiger partial charge in [-0.15, -0.1) is 21.5 Å². The van der Waals surface area contributed by atoms with Crippen molar-refractivity contribution in [3.8, 4) is 10.7 Å². The Bertz CT molecular complexity index is 1160. The number of benzene rings is 2. The minimum atomic E-state index is -0.278. The normalized spacial score (nSPS) is 14.8. The van der Waals surface area contributed by atoms with Crippen molar-refractivity contribution in [2.75, 3.05) is 5.32 Å². The molecule has 1 aliphatic rings. The molecule has 146 valence electrons. The van der Waals surface area contributed by atoms with Crippen LogP contribution < -0.4 is 5.32 Å². The molecule has 2 aromatic carbocycles. The molecular formula is C22H20N4OS2. The Labute approximate surface area is 177 Å². The quantitative estimate of drug-likeness (QED) is 0.412. The van der Waals surface area contributed by atoms with Crippen LogP contribution in [0.1, 0.15) is 25.8 Å². The van der Waals surface area contributed by atoms with E-state index >= 15 is 0 Å². The molecule has 0 radical (unpaired) electrons. The maximum atomic E-state index is 12.8. The minimum Gasteiger partial charge on any atom is -0.325 e. The van der Waals surface area contributed by atoms with Gasteiger partial charge in [-0.2, -0.15) is 0 Å². The second-order valence-corrected chi connectivity index (χ2v) is 9.45. The standard InChI is InChI=1S/C22H20N4OS2/c1-14(21(27)23-17-9-8-15-5-2-3-6-16(15)13-17)29-22-25-24-20(19-7-4-12-28-19)26(22)18-10-11-18/h2-9,12-14,18H,10-11H2,1H3,(H,23,27). The van der Waals surface area contributed by atoms with E-state index in [0.717, 1.165) is 45.2 Å². The van der Waals surface area contributed by atoms with Crippen LogP contribution in [0, 0.1) is 0 Å². The summed E-state index contributed by atoms with van der Waals surface area (Å²) >= 11 is 3.13. The van der Waals surface area contributed by atoms with Gasteiger partial charge in [0.05, 0.1) is 10.1 Å².